The minimum absolute atomic E-state index is 0.230. The lowest BCUT2D eigenvalue weighted by Crippen LogP contribution is -2.23. The quantitative estimate of drug-likeness (QED) is 0.407. The van der Waals surface area contributed by atoms with Crippen molar-refractivity contribution in [2.24, 2.45) is 0 Å². The zero-order chi connectivity index (χ0) is 21.8. The molecule has 4 aromatic carbocycles. The molecule has 0 atom stereocenters. The van der Waals surface area contributed by atoms with E-state index < -0.39 is 10.0 Å². The van der Waals surface area contributed by atoms with E-state index in [0.717, 1.165) is 0 Å². The SMILES string of the molecule is Nc1ccc(C(=O)S(C(=O)c2ccc(N)cc2)(c2ccccc2)c2ccccc2)cc1. The van der Waals surface area contributed by atoms with E-state index in [0.29, 0.717) is 32.3 Å². The summed E-state index contributed by atoms with van der Waals surface area (Å²) < 4.78 is 0. The third-order valence-electron chi connectivity index (χ3n) is 5.04. The summed E-state index contributed by atoms with van der Waals surface area (Å²) in [6, 6.07) is 32.0. The Morgan fingerprint density at radius 2 is 0.806 bits per heavy atom. The van der Waals surface area contributed by atoms with Crippen molar-refractivity contribution in [3.05, 3.63) is 120 Å². The number of carbonyl (C=O) groups is 2. The van der Waals surface area contributed by atoms with Gasteiger partial charge in [-0.1, -0.05) is 46.4 Å². The van der Waals surface area contributed by atoms with Crippen molar-refractivity contribution < 1.29 is 9.59 Å². The third kappa shape index (κ3) is 3.71. The molecule has 0 aliphatic heterocycles. The normalized spacial score (nSPS) is 11.6. The van der Waals surface area contributed by atoms with Gasteiger partial charge in [0.05, 0.1) is 0 Å². The number of nitrogens with two attached hydrogens (primary N) is 2. The number of carbonyl (C=O) groups excluding carboxylic acids is 2. The van der Waals surface area contributed by atoms with E-state index in [9.17, 15) is 9.59 Å². The molecule has 0 spiro atoms. The largest absolute Gasteiger partial charge is 0.399 e. The molecule has 31 heavy (non-hydrogen) atoms. The average Bonchev–Trinajstić information content (AvgIpc) is 2.82. The molecule has 4 rings (SSSR count). The van der Waals surface area contributed by atoms with E-state index in [1.807, 2.05) is 60.7 Å². The first kappa shape index (κ1) is 20.4. The van der Waals surface area contributed by atoms with Crippen molar-refractivity contribution >= 4 is 31.6 Å². The number of hydrogen-bond acceptors (Lipinski definition) is 4. The van der Waals surface area contributed by atoms with Gasteiger partial charge in [-0.25, -0.2) is 0 Å². The summed E-state index contributed by atoms with van der Waals surface area (Å²) in [6.45, 7) is 0. The van der Waals surface area contributed by atoms with Crippen LogP contribution in [-0.4, -0.2) is 10.2 Å². The van der Waals surface area contributed by atoms with Crippen molar-refractivity contribution in [2.45, 2.75) is 9.79 Å². The van der Waals surface area contributed by atoms with Crippen LogP contribution in [0.25, 0.3) is 0 Å². The summed E-state index contributed by atoms with van der Waals surface area (Å²) in [5, 5.41) is -0.460. The van der Waals surface area contributed by atoms with Gasteiger partial charge in [0.2, 0.25) is 10.2 Å². The first-order valence-corrected chi connectivity index (χ1v) is 11.4. The predicted octanol–water partition coefficient (Wildman–Crippen LogP) is 5.75. The van der Waals surface area contributed by atoms with Crippen LogP contribution >= 0.6 is 10.0 Å². The molecule has 5 heteroatoms. The van der Waals surface area contributed by atoms with E-state index in [4.69, 9.17) is 11.5 Å². The zero-order valence-electron chi connectivity index (χ0n) is 16.8. The molecule has 0 aliphatic rings. The molecular weight excluding hydrogens is 404 g/mol. The molecule has 0 bridgehead atoms. The van der Waals surface area contributed by atoms with Gasteiger partial charge in [-0.05, 0) is 72.8 Å². The molecule has 4 N–H and O–H groups in total. The van der Waals surface area contributed by atoms with E-state index >= 15 is 0 Å². The number of rotatable bonds is 4. The summed E-state index contributed by atoms with van der Waals surface area (Å²) in [4.78, 5) is 29.8. The molecule has 4 nitrogen and oxygen atoms in total. The van der Waals surface area contributed by atoms with Gasteiger partial charge < -0.3 is 11.5 Å². The second kappa shape index (κ2) is 8.50. The number of anilines is 2. The summed E-state index contributed by atoms with van der Waals surface area (Å²) in [7, 11) is -2.80. The minimum atomic E-state index is -2.80. The predicted molar refractivity (Wildman–Crippen MR) is 127 cm³/mol. The molecular formula is C26H22N2O2S. The third-order valence-corrected chi connectivity index (χ3v) is 8.58. The highest BCUT2D eigenvalue weighted by Gasteiger charge is 2.44. The van der Waals surface area contributed by atoms with Gasteiger partial charge >= 0.3 is 0 Å². The average molecular weight is 427 g/mol. The fraction of sp³-hybridized carbons (Fsp3) is 0. The standard InChI is InChI=1S/C26H22N2O2S/c27-21-15-11-19(12-16-21)25(29)31(23-7-3-1-4-8-23,24-9-5-2-6-10-24)26(30)20-13-17-22(28)18-14-20/h1-18H,27-28H2. The van der Waals surface area contributed by atoms with Crippen molar-refractivity contribution in [1.82, 2.24) is 0 Å². The van der Waals surface area contributed by atoms with Gasteiger partial charge in [-0.2, -0.15) is 0 Å². The van der Waals surface area contributed by atoms with Crippen molar-refractivity contribution in [3.63, 3.8) is 0 Å². The Morgan fingerprint density at radius 3 is 1.13 bits per heavy atom. The van der Waals surface area contributed by atoms with Gasteiger partial charge in [0, 0.05) is 32.3 Å². The molecule has 0 aliphatic carbocycles. The van der Waals surface area contributed by atoms with Crippen LogP contribution < -0.4 is 11.5 Å². The van der Waals surface area contributed by atoms with Crippen LogP contribution in [0.4, 0.5) is 11.4 Å². The molecule has 0 aromatic heterocycles. The van der Waals surface area contributed by atoms with Crippen LogP contribution in [-0.2, 0) is 0 Å². The summed E-state index contributed by atoms with van der Waals surface area (Å²) in [6.07, 6.45) is 0. The molecule has 0 radical (unpaired) electrons. The Bertz CT molecular complexity index is 1110. The maximum Gasteiger partial charge on any atom is 0.217 e. The van der Waals surface area contributed by atoms with Crippen molar-refractivity contribution in [3.8, 4) is 0 Å². The second-order valence-electron chi connectivity index (χ2n) is 7.06. The van der Waals surface area contributed by atoms with Crippen LogP contribution in [0, 0.1) is 0 Å². The summed E-state index contributed by atoms with van der Waals surface area (Å²) >= 11 is 0. The molecule has 0 heterocycles. The Labute approximate surface area is 182 Å². The van der Waals surface area contributed by atoms with Crippen LogP contribution in [0.15, 0.2) is 119 Å². The maximum absolute atomic E-state index is 14.2. The monoisotopic (exact) mass is 426 g/mol. The van der Waals surface area contributed by atoms with E-state index in [2.05, 4.69) is 0 Å². The van der Waals surface area contributed by atoms with E-state index in [1.54, 1.807) is 48.5 Å². The van der Waals surface area contributed by atoms with Crippen molar-refractivity contribution in [2.75, 3.05) is 11.5 Å². The highest BCUT2D eigenvalue weighted by atomic mass is 32.3. The Balaban J connectivity index is 2.04. The van der Waals surface area contributed by atoms with Crippen LogP contribution in [0.3, 0.4) is 0 Å². The van der Waals surface area contributed by atoms with E-state index in [1.165, 1.54) is 0 Å². The fourth-order valence-corrected chi connectivity index (χ4v) is 6.90. The molecule has 4 aromatic rings. The lowest BCUT2D eigenvalue weighted by Gasteiger charge is -2.37. The lowest BCUT2D eigenvalue weighted by atomic mass is 10.2. The first-order valence-electron chi connectivity index (χ1n) is 9.77. The Hall–Kier alpha value is -3.83. The minimum Gasteiger partial charge on any atom is -0.399 e. The molecule has 0 fully saturated rings. The molecule has 0 unspecified atom stereocenters. The summed E-state index contributed by atoms with van der Waals surface area (Å²) in [5.41, 5.74) is 13.7. The van der Waals surface area contributed by atoms with Gasteiger partial charge in [-0.3, -0.25) is 9.59 Å². The molecule has 0 saturated heterocycles. The fourth-order valence-electron chi connectivity index (χ4n) is 3.49. The van der Waals surface area contributed by atoms with Gasteiger partial charge in [0.15, 0.2) is 0 Å². The maximum atomic E-state index is 14.2. The van der Waals surface area contributed by atoms with Gasteiger partial charge in [-0.15, -0.1) is 0 Å². The topological polar surface area (TPSA) is 86.2 Å². The zero-order valence-corrected chi connectivity index (χ0v) is 17.6. The lowest BCUT2D eigenvalue weighted by molar-refractivity contribution is 0.105. The second-order valence-corrected chi connectivity index (χ2v) is 9.97. The number of benzene rings is 4. The number of nitrogen functional groups attached to an aromatic ring is 2. The van der Waals surface area contributed by atoms with Crippen molar-refractivity contribution in [1.29, 1.82) is 0 Å². The Morgan fingerprint density at radius 1 is 0.484 bits per heavy atom. The van der Waals surface area contributed by atoms with Crippen LogP contribution in [0.5, 0.6) is 0 Å². The van der Waals surface area contributed by atoms with Crippen LogP contribution in [0.1, 0.15) is 20.7 Å². The Kier molecular flexibility index (Phi) is 5.60. The smallest absolute Gasteiger partial charge is 0.217 e. The number of hydrogen-bond donors (Lipinski definition) is 2. The van der Waals surface area contributed by atoms with Gasteiger partial charge in [0.25, 0.3) is 0 Å². The molecule has 0 saturated carbocycles. The highest BCUT2D eigenvalue weighted by Crippen LogP contribution is 2.66. The summed E-state index contributed by atoms with van der Waals surface area (Å²) in [5.74, 6) is 0. The van der Waals surface area contributed by atoms with E-state index in [-0.39, 0.29) is 10.2 Å². The molecule has 0 amide bonds. The molecule has 154 valence electrons. The highest BCUT2D eigenvalue weighted by molar-refractivity contribution is 8.56. The van der Waals surface area contributed by atoms with Crippen LogP contribution in [0.2, 0.25) is 0 Å². The first-order chi connectivity index (χ1) is 15.0. The van der Waals surface area contributed by atoms with Gasteiger partial charge in [0.1, 0.15) is 0 Å².